The second-order valence-corrected chi connectivity index (χ2v) is 7.70. The zero-order valence-corrected chi connectivity index (χ0v) is 16.3. The number of hydrogen-bond donors (Lipinski definition) is 1. The van der Waals surface area contributed by atoms with Gasteiger partial charge in [0.05, 0.1) is 18.6 Å². The Labute approximate surface area is 161 Å². The summed E-state index contributed by atoms with van der Waals surface area (Å²) >= 11 is 0. The summed E-state index contributed by atoms with van der Waals surface area (Å²) in [5.41, 5.74) is 2.71. The van der Waals surface area contributed by atoms with Gasteiger partial charge in [0, 0.05) is 46.1 Å². The molecule has 1 saturated heterocycles. The van der Waals surface area contributed by atoms with E-state index in [4.69, 9.17) is 0 Å². The smallest absolute Gasteiger partial charge is 0.237 e. The van der Waals surface area contributed by atoms with Gasteiger partial charge < -0.3 is 14.8 Å². The SMILES string of the molecule is CN(C(=O)CN1CCNCC1c1nccn1C)C1CCCc2ccccc21. The molecular formula is C21H29N5O. The van der Waals surface area contributed by atoms with E-state index in [9.17, 15) is 4.79 Å². The van der Waals surface area contributed by atoms with E-state index < -0.39 is 0 Å². The van der Waals surface area contributed by atoms with Crippen molar-refractivity contribution in [2.75, 3.05) is 33.2 Å². The monoisotopic (exact) mass is 367 g/mol. The minimum Gasteiger partial charge on any atom is -0.338 e. The third kappa shape index (κ3) is 3.64. The molecule has 1 aliphatic heterocycles. The number of likely N-dealkylation sites (N-methyl/N-ethyl adjacent to an activating group) is 1. The van der Waals surface area contributed by atoms with Crippen LogP contribution in [0.25, 0.3) is 0 Å². The van der Waals surface area contributed by atoms with Crippen LogP contribution in [0, 0.1) is 0 Å². The summed E-state index contributed by atoms with van der Waals surface area (Å²) in [6, 6.07) is 8.90. The van der Waals surface area contributed by atoms with Crippen LogP contribution in [0.15, 0.2) is 36.7 Å². The first-order valence-electron chi connectivity index (χ1n) is 9.90. The van der Waals surface area contributed by atoms with E-state index >= 15 is 0 Å². The van der Waals surface area contributed by atoms with E-state index in [-0.39, 0.29) is 18.0 Å². The average molecular weight is 367 g/mol. The maximum absolute atomic E-state index is 13.2. The second-order valence-electron chi connectivity index (χ2n) is 7.70. The predicted octanol–water partition coefficient (Wildman–Crippen LogP) is 1.90. The molecule has 0 saturated carbocycles. The zero-order chi connectivity index (χ0) is 18.8. The first-order chi connectivity index (χ1) is 13.1. The third-order valence-electron chi connectivity index (χ3n) is 6.05. The van der Waals surface area contributed by atoms with Gasteiger partial charge in [0.2, 0.25) is 5.91 Å². The number of aryl methyl sites for hydroxylation is 2. The Balaban J connectivity index is 1.49. The number of piperazine rings is 1. The van der Waals surface area contributed by atoms with Crippen molar-refractivity contribution in [2.24, 2.45) is 7.05 Å². The highest BCUT2D eigenvalue weighted by atomic mass is 16.2. The highest BCUT2D eigenvalue weighted by Gasteiger charge is 2.31. The molecule has 2 atom stereocenters. The molecule has 1 aromatic carbocycles. The molecule has 1 amide bonds. The van der Waals surface area contributed by atoms with Crippen LogP contribution in [0.2, 0.25) is 0 Å². The molecule has 144 valence electrons. The zero-order valence-electron chi connectivity index (χ0n) is 16.3. The molecule has 2 heterocycles. The highest BCUT2D eigenvalue weighted by Crippen LogP contribution is 2.33. The lowest BCUT2D eigenvalue weighted by Gasteiger charge is -2.38. The third-order valence-corrected chi connectivity index (χ3v) is 6.05. The number of rotatable bonds is 4. The number of carbonyl (C=O) groups is 1. The van der Waals surface area contributed by atoms with E-state index in [1.165, 1.54) is 11.1 Å². The maximum atomic E-state index is 13.2. The summed E-state index contributed by atoms with van der Waals surface area (Å²) in [6.45, 7) is 3.03. The fourth-order valence-electron chi connectivity index (χ4n) is 4.48. The molecule has 4 rings (SSSR count). The number of imidazole rings is 1. The minimum absolute atomic E-state index is 0.134. The molecule has 0 spiro atoms. The largest absolute Gasteiger partial charge is 0.338 e. The second kappa shape index (κ2) is 7.82. The van der Waals surface area contributed by atoms with Crippen LogP contribution >= 0.6 is 0 Å². The van der Waals surface area contributed by atoms with E-state index in [0.29, 0.717) is 6.54 Å². The summed E-state index contributed by atoms with van der Waals surface area (Å²) < 4.78 is 2.05. The highest BCUT2D eigenvalue weighted by molar-refractivity contribution is 5.78. The number of carbonyl (C=O) groups excluding carboxylic acids is 1. The van der Waals surface area contributed by atoms with Crippen molar-refractivity contribution in [2.45, 2.75) is 31.3 Å². The van der Waals surface area contributed by atoms with Crippen molar-refractivity contribution in [1.29, 1.82) is 0 Å². The molecule has 0 radical (unpaired) electrons. The van der Waals surface area contributed by atoms with Crippen LogP contribution in [0.1, 0.15) is 41.9 Å². The van der Waals surface area contributed by atoms with E-state index in [1.54, 1.807) is 0 Å². The molecule has 2 aromatic rings. The van der Waals surface area contributed by atoms with Gasteiger partial charge in [0.1, 0.15) is 5.82 Å². The Bertz CT molecular complexity index is 801. The lowest BCUT2D eigenvalue weighted by molar-refractivity contribution is -0.134. The number of nitrogens with zero attached hydrogens (tertiary/aromatic N) is 4. The Kier molecular flexibility index (Phi) is 5.27. The normalized spacial score (nSPS) is 23.0. The standard InChI is InChI=1S/C21H29N5O/c1-24-12-11-23-21(24)19-14-22-10-13-26(19)15-20(27)25(2)18-9-5-7-16-6-3-4-8-17(16)18/h3-4,6,8,11-12,18-19,22H,5,7,9-10,13-15H2,1-2H3. The number of aromatic nitrogens is 2. The number of nitrogens with one attached hydrogen (secondary N) is 1. The van der Waals surface area contributed by atoms with Gasteiger partial charge in [0.25, 0.3) is 0 Å². The minimum atomic E-state index is 0.134. The lowest BCUT2D eigenvalue weighted by Crippen LogP contribution is -2.50. The molecule has 2 unspecified atom stereocenters. The Morgan fingerprint density at radius 2 is 2.22 bits per heavy atom. The van der Waals surface area contributed by atoms with Crippen molar-refractivity contribution in [3.63, 3.8) is 0 Å². The van der Waals surface area contributed by atoms with Gasteiger partial charge in [0.15, 0.2) is 0 Å². The fraction of sp³-hybridized carbons (Fsp3) is 0.524. The summed E-state index contributed by atoms with van der Waals surface area (Å²) in [5.74, 6) is 1.21. The molecule has 1 aromatic heterocycles. The first-order valence-corrected chi connectivity index (χ1v) is 9.90. The molecule has 2 aliphatic rings. The van der Waals surface area contributed by atoms with Gasteiger partial charge in [-0.1, -0.05) is 24.3 Å². The molecule has 1 aliphatic carbocycles. The van der Waals surface area contributed by atoms with Gasteiger partial charge in [-0.2, -0.15) is 0 Å². The van der Waals surface area contributed by atoms with E-state index in [2.05, 4.69) is 44.0 Å². The van der Waals surface area contributed by atoms with Crippen molar-refractivity contribution in [3.05, 3.63) is 53.6 Å². The molecule has 1 fully saturated rings. The number of benzene rings is 1. The molecule has 6 heteroatoms. The first kappa shape index (κ1) is 18.2. The van der Waals surface area contributed by atoms with Crippen molar-refractivity contribution in [1.82, 2.24) is 24.7 Å². The maximum Gasteiger partial charge on any atom is 0.237 e. The number of amides is 1. The lowest BCUT2D eigenvalue weighted by atomic mass is 9.87. The van der Waals surface area contributed by atoms with Crippen LogP contribution in [0.3, 0.4) is 0 Å². The number of hydrogen-bond acceptors (Lipinski definition) is 4. The molecule has 1 N–H and O–H groups in total. The van der Waals surface area contributed by atoms with Crippen molar-refractivity contribution < 1.29 is 4.79 Å². The Morgan fingerprint density at radius 3 is 3.04 bits per heavy atom. The van der Waals surface area contributed by atoms with Gasteiger partial charge in [-0.05, 0) is 30.4 Å². The number of fused-ring (bicyclic) bond motifs is 1. The van der Waals surface area contributed by atoms with Crippen LogP contribution in [-0.4, -0.2) is 58.5 Å². The van der Waals surface area contributed by atoms with E-state index in [1.807, 2.05) is 31.4 Å². The summed E-state index contributed by atoms with van der Waals surface area (Å²) in [7, 11) is 3.98. The summed E-state index contributed by atoms with van der Waals surface area (Å²) in [4.78, 5) is 21.9. The predicted molar refractivity (Wildman–Crippen MR) is 105 cm³/mol. The topological polar surface area (TPSA) is 53.4 Å². The average Bonchev–Trinajstić information content (AvgIpc) is 3.13. The van der Waals surface area contributed by atoms with Gasteiger partial charge in [-0.25, -0.2) is 4.98 Å². The fourth-order valence-corrected chi connectivity index (χ4v) is 4.48. The quantitative estimate of drug-likeness (QED) is 0.897. The van der Waals surface area contributed by atoms with Gasteiger partial charge in [-0.3, -0.25) is 9.69 Å². The van der Waals surface area contributed by atoms with Gasteiger partial charge in [-0.15, -0.1) is 0 Å². The van der Waals surface area contributed by atoms with Crippen LogP contribution < -0.4 is 5.32 Å². The molecular weight excluding hydrogens is 338 g/mol. The van der Waals surface area contributed by atoms with Crippen molar-refractivity contribution in [3.8, 4) is 0 Å². The summed E-state index contributed by atoms with van der Waals surface area (Å²) in [6.07, 6.45) is 7.10. The Morgan fingerprint density at radius 1 is 1.37 bits per heavy atom. The van der Waals surface area contributed by atoms with Crippen LogP contribution in [-0.2, 0) is 18.3 Å². The van der Waals surface area contributed by atoms with Gasteiger partial charge >= 0.3 is 0 Å². The molecule has 6 nitrogen and oxygen atoms in total. The molecule has 27 heavy (non-hydrogen) atoms. The molecule has 0 bridgehead atoms. The van der Waals surface area contributed by atoms with Crippen LogP contribution in [0.4, 0.5) is 0 Å². The Hall–Kier alpha value is -2.18. The summed E-state index contributed by atoms with van der Waals surface area (Å²) in [5, 5.41) is 3.44. The van der Waals surface area contributed by atoms with Crippen molar-refractivity contribution >= 4 is 5.91 Å². The van der Waals surface area contributed by atoms with E-state index in [0.717, 1.165) is 44.7 Å². The van der Waals surface area contributed by atoms with Crippen LogP contribution in [0.5, 0.6) is 0 Å².